The number of rotatable bonds is 2. The zero-order valence-corrected chi connectivity index (χ0v) is 11.0. The Morgan fingerprint density at radius 2 is 2.17 bits per heavy atom. The van der Waals surface area contributed by atoms with Gasteiger partial charge in [0.1, 0.15) is 0 Å². The minimum Gasteiger partial charge on any atom is -0.364 e. The number of amides is 2. The molecule has 0 aliphatic carbocycles. The number of aromatic amines is 1. The third-order valence-corrected chi connectivity index (χ3v) is 3.47. The van der Waals surface area contributed by atoms with E-state index < -0.39 is 0 Å². The van der Waals surface area contributed by atoms with Crippen LogP contribution >= 0.6 is 0 Å². The summed E-state index contributed by atoms with van der Waals surface area (Å²) >= 11 is 0. The van der Waals surface area contributed by atoms with Gasteiger partial charge in [-0.25, -0.2) is 0 Å². The molecule has 1 aliphatic heterocycles. The number of nitrogens with one attached hydrogen (secondary N) is 2. The van der Waals surface area contributed by atoms with Crippen LogP contribution < -0.4 is 5.32 Å². The largest absolute Gasteiger partial charge is 0.364 e. The minimum absolute atomic E-state index is 0.0540. The molecule has 1 fully saturated rings. The van der Waals surface area contributed by atoms with E-state index in [0.717, 1.165) is 29.8 Å². The Morgan fingerprint density at radius 1 is 1.44 bits per heavy atom. The summed E-state index contributed by atoms with van der Waals surface area (Å²) in [6, 6.07) is 0.0649. The first-order valence-electron chi connectivity index (χ1n) is 6.20. The molecule has 0 radical (unpaired) electrons. The third-order valence-electron chi connectivity index (χ3n) is 3.47. The van der Waals surface area contributed by atoms with Crippen LogP contribution in [0.4, 0.5) is 0 Å². The molecule has 2 N–H and O–H groups in total. The van der Waals surface area contributed by atoms with E-state index in [1.807, 2.05) is 20.0 Å². The highest BCUT2D eigenvalue weighted by atomic mass is 16.2. The maximum absolute atomic E-state index is 12.1. The van der Waals surface area contributed by atoms with Crippen molar-refractivity contribution in [3.05, 3.63) is 23.0 Å². The summed E-state index contributed by atoms with van der Waals surface area (Å²) in [6.45, 7) is 6.70. The molecular weight excluding hydrogens is 230 g/mol. The fraction of sp³-hybridized carbons (Fsp3) is 0.538. The van der Waals surface area contributed by atoms with Crippen molar-refractivity contribution >= 4 is 11.8 Å². The van der Waals surface area contributed by atoms with Crippen LogP contribution in [0, 0.1) is 13.8 Å². The average Bonchev–Trinajstić information content (AvgIpc) is 2.86. The molecule has 2 heterocycles. The highest BCUT2D eigenvalue weighted by Gasteiger charge is 2.26. The van der Waals surface area contributed by atoms with E-state index in [1.54, 1.807) is 11.8 Å². The predicted octanol–water partition coefficient (Wildman–Crippen LogP) is 0.982. The molecule has 0 aromatic carbocycles. The molecule has 18 heavy (non-hydrogen) atoms. The zero-order chi connectivity index (χ0) is 13.3. The van der Waals surface area contributed by atoms with Gasteiger partial charge in [-0.05, 0) is 25.8 Å². The second kappa shape index (κ2) is 4.84. The van der Waals surface area contributed by atoms with E-state index in [1.165, 1.54) is 0 Å². The highest BCUT2D eigenvalue weighted by molar-refractivity contribution is 5.97. The van der Waals surface area contributed by atoms with Gasteiger partial charge in [-0.3, -0.25) is 9.59 Å². The van der Waals surface area contributed by atoms with Crippen LogP contribution in [0.1, 0.15) is 35.0 Å². The number of aromatic nitrogens is 1. The summed E-state index contributed by atoms with van der Waals surface area (Å²) in [5.74, 6) is 0.0161. The number of aryl methyl sites for hydroxylation is 2. The monoisotopic (exact) mass is 249 g/mol. The molecule has 0 spiro atoms. The van der Waals surface area contributed by atoms with Gasteiger partial charge in [-0.2, -0.15) is 0 Å². The lowest BCUT2D eigenvalue weighted by atomic mass is 10.1. The first kappa shape index (κ1) is 12.7. The van der Waals surface area contributed by atoms with Crippen molar-refractivity contribution < 1.29 is 9.59 Å². The molecule has 1 aromatic rings. The highest BCUT2D eigenvalue weighted by Crippen LogP contribution is 2.14. The summed E-state index contributed by atoms with van der Waals surface area (Å²) in [7, 11) is 0. The number of nitrogens with zero attached hydrogens (tertiary/aromatic N) is 1. The molecule has 0 bridgehead atoms. The van der Waals surface area contributed by atoms with E-state index in [2.05, 4.69) is 10.3 Å². The molecule has 2 rings (SSSR count). The molecule has 5 heteroatoms. The Bertz CT molecular complexity index is 459. The normalized spacial score (nSPS) is 19.1. The van der Waals surface area contributed by atoms with Crippen molar-refractivity contribution in [2.45, 2.75) is 33.2 Å². The van der Waals surface area contributed by atoms with Gasteiger partial charge in [0.15, 0.2) is 0 Å². The molecule has 1 aliphatic rings. The van der Waals surface area contributed by atoms with Crippen molar-refractivity contribution in [2.24, 2.45) is 0 Å². The lowest BCUT2D eigenvalue weighted by Gasteiger charge is -2.15. The fourth-order valence-corrected chi connectivity index (χ4v) is 2.43. The second-order valence-electron chi connectivity index (χ2n) is 4.90. The third kappa shape index (κ3) is 2.39. The Labute approximate surface area is 107 Å². The van der Waals surface area contributed by atoms with Crippen LogP contribution in [0.25, 0.3) is 0 Å². The van der Waals surface area contributed by atoms with Gasteiger partial charge in [0.2, 0.25) is 5.91 Å². The van der Waals surface area contributed by atoms with Gasteiger partial charge in [-0.15, -0.1) is 0 Å². The molecule has 1 aromatic heterocycles. The van der Waals surface area contributed by atoms with Crippen LogP contribution in [0.2, 0.25) is 0 Å². The first-order valence-corrected chi connectivity index (χ1v) is 6.20. The molecule has 0 unspecified atom stereocenters. The molecule has 1 atom stereocenters. The van der Waals surface area contributed by atoms with E-state index in [0.29, 0.717) is 6.54 Å². The van der Waals surface area contributed by atoms with Crippen molar-refractivity contribution in [1.29, 1.82) is 0 Å². The number of hydrogen-bond acceptors (Lipinski definition) is 2. The summed E-state index contributed by atoms with van der Waals surface area (Å²) in [6.07, 6.45) is 2.66. The number of carbonyl (C=O) groups excluding carboxylic acids is 2. The van der Waals surface area contributed by atoms with Crippen LogP contribution in [0.15, 0.2) is 6.20 Å². The summed E-state index contributed by atoms with van der Waals surface area (Å²) in [5.41, 5.74) is 2.55. The molecule has 2 amide bonds. The van der Waals surface area contributed by atoms with Gasteiger partial charge in [0.05, 0.1) is 5.56 Å². The standard InChI is InChI=1S/C13H19N3O2/c1-8-6-14-9(2)12(8)13(18)15-11-4-5-16(7-11)10(3)17/h6,11,14H,4-5,7H2,1-3H3,(H,15,18)/t11-/m0/s1. The summed E-state index contributed by atoms with van der Waals surface area (Å²) in [4.78, 5) is 28.2. The molecular formula is C13H19N3O2. The number of likely N-dealkylation sites (tertiary alicyclic amines) is 1. The topological polar surface area (TPSA) is 65.2 Å². The van der Waals surface area contributed by atoms with Gasteiger partial charge >= 0.3 is 0 Å². The number of H-pyrrole nitrogens is 1. The van der Waals surface area contributed by atoms with Crippen molar-refractivity contribution in [2.75, 3.05) is 13.1 Å². The molecule has 5 nitrogen and oxygen atoms in total. The van der Waals surface area contributed by atoms with E-state index in [-0.39, 0.29) is 17.9 Å². The summed E-state index contributed by atoms with van der Waals surface area (Å²) in [5, 5.41) is 2.99. The Kier molecular flexibility index (Phi) is 3.41. The van der Waals surface area contributed by atoms with E-state index in [4.69, 9.17) is 0 Å². The van der Waals surface area contributed by atoms with Crippen LogP contribution in [-0.4, -0.2) is 40.8 Å². The molecule has 1 saturated heterocycles. The minimum atomic E-state index is -0.0540. The predicted molar refractivity (Wildman–Crippen MR) is 68.4 cm³/mol. The quantitative estimate of drug-likeness (QED) is 0.820. The summed E-state index contributed by atoms with van der Waals surface area (Å²) < 4.78 is 0. The first-order chi connectivity index (χ1) is 8.49. The van der Waals surface area contributed by atoms with Gasteiger partial charge in [-0.1, -0.05) is 0 Å². The van der Waals surface area contributed by atoms with Crippen LogP contribution in [0.5, 0.6) is 0 Å². The zero-order valence-electron chi connectivity index (χ0n) is 11.0. The van der Waals surface area contributed by atoms with E-state index in [9.17, 15) is 9.59 Å². The van der Waals surface area contributed by atoms with E-state index >= 15 is 0 Å². The number of carbonyl (C=O) groups is 2. The van der Waals surface area contributed by atoms with Crippen LogP contribution in [-0.2, 0) is 4.79 Å². The number of hydrogen-bond donors (Lipinski definition) is 2. The average molecular weight is 249 g/mol. The second-order valence-corrected chi connectivity index (χ2v) is 4.90. The van der Waals surface area contributed by atoms with Crippen molar-refractivity contribution in [3.63, 3.8) is 0 Å². The lowest BCUT2D eigenvalue weighted by molar-refractivity contribution is -0.127. The molecule has 0 saturated carbocycles. The van der Waals surface area contributed by atoms with Gasteiger partial charge in [0, 0.05) is 37.9 Å². The SMILES string of the molecule is CC(=O)N1CC[C@H](NC(=O)c2c(C)c[nH]c2C)C1. The maximum Gasteiger partial charge on any atom is 0.253 e. The Hall–Kier alpha value is -1.78. The lowest BCUT2D eigenvalue weighted by Crippen LogP contribution is -2.38. The van der Waals surface area contributed by atoms with Gasteiger partial charge in [0.25, 0.3) is 5.91 Å². The Balaban J connectivity index is 1.99. The van der Waals surface area contributed by atoms with Crippen molar-refractivity contribution in [1.82, 2.24) is 15.2 Å². The Morgan fingerprint density at radius 3 is 2.67 bits per heavy atom. The van der Waals surface area contributed by atoms with Crippen molar-refractivity contribution in [3.8, 4) is 0 Å². The maximum atomic E-state index is 12.1. The molecule has 98 valence electrons. The smallest absolute Gasteiger partial charge is 0.253 e. The fourth-order valence-electron chi connectivity index (χ4n) is 2.43. The van der Waals surface area contributed by atoms with Gasteiger partial charge < -0.3 is 15.2 Å². The van der Waals surface area contributed by atoms with Crippen LogP contribution in [0.3, 0.4) is 0 Å².